The molecule has 0 saturated heterocycles. The van der Waals surface area contributed by atoms with Crippen molar-refractivity contribution >= 4 is 29.1 Å². The van der Waals surface area contributed by atoms with Crippen LogP contribution in [-0.4, -0.2) is 30.8 Å². The summed E-state index contributed by atoms with van der Waals surface area (Å²) in [4.78, 5) is 37.5. The van der Waals surface area contributed by atoms with Gasteiger partial charge in [0.05, 0.1) is 5.56 Å². The van der Waals surface area contributed by atoms with Crippen molar-refractivity contribution in [1.29, 1.82) is 0 Å². The van der Waals surface area contributed by atoms with E-state index >= 15 is 0 Å². The third-order valence-electron chi connectivity index (χ3n) is 4.68. The van der Waals surface area contributed by atoms with E-state index < -0.39 is 17.5 Å². The fraction of sp³-hybridized carbons (Fsp3) is 0.286. The number of hydrogen-bond acceptors (Lipinski definition) is 3. The first-order chi connectivity index (χ1) is 13.8. The van der Waals surface area contributed by atoms with Crippen LogP contribution in [0.3, 0.4) is 0 Å². The molecule has 3 rings (SSSR count). The molecule has 1 aliphatic heterocycles. The van der Waals surface area contributed by atoms with Gasteiger partial charge in [0.1, 0.15) is 11.6 Å². The molecule has 0 aromatic heterocycles. The molecule has 0 bridgehead atoms. The largest absolute Gasteiger partial charge is 0.351 e. The average Bonchev–Trinajstić information content (AvgIpc) is 2.67. The van der Waals surface area contributed by atoms with Crippen molar-refractivity contribution in [3.05, 3.63) is 59.2 Å². The van der Waals surface area contributed by atoms with Gasteiger partial charge in [-0.25, -0.2) is 8.78 Å². The lowest BCUT2D eigenvalue weighted by molar-refractivity contribution is -0.117. The normalized spacial score (nSPS) is 12.9. The molecule has 1 heterocycles. The lowest BCUT2D eigenvalue weighted by Gasteiger charge is -2.29. The summed E-state index contributed by atoms with van der Waals surface area (Å²) >= 11 is 0. The van der Waals surface area contributed by atoms with Gasteiger partial charge in [-0.1, -0.05) is 0 Å². The standard InChI is InChI=1S/C21H21F2N3O3/c1-13(27)26-10-2-3-14-11-16(5-7-19(14)26)25-20(28)8-9-24-21(29)17-6-4-15(22)12-18(17)23/h4-7,11-12H,2-3,8-10H2,1H3,(H,24,29)(H,25,28). The first kappa shape index (κ1) is 20.4. The van der Waals surface area contributed by atoms with Gasteiger partial charge in [0, 0.05) is 43.9 Å². The second-order valence-electron chi connectivity index (χ2n) is 6.80. The summed E-state index contributed by atoms with van der Waals surface area (Å²) < 4.78 is 26.5. The van der Waals surface area contributed by atoms with Crippen LogP contribution in [0.5, 0.6) is 0 Å². The van der Waals surface area contributed by atoms with E-state index in [0.29, 0.717) is 18.3 Å². The Labute approximate surface area is 166 Å². The molecular weight excluding hydrogens is 380 g/mol. The Morgan fingerprint density at radius 3 is 2.62 bits per heavy atom. The number of amides is 3. The highest BCUT2D eigenvalue weighted by Crippen LogP contribution is 2.29. The van der Waals surface area contributed by atoms with E-state index in [4.69, 9.17) is 0 Å². The molecule has 3 amide bonds. The first-order valence-electron chi connectivity index (χ1n) is 9.29. The third kappa shape index (κ3) is 4.96. The summed E-state index contributed by atoms with van der Waals surface area (Å²) in [6.07, 6.45) is 1.67. The van der Waals surface area contributed by atoms with Crippen LogP contribution in [0.4, 0.5) is 20.2 Å². The molecule has 152 valence electrons. The van der Waals surface area contributed by atoms with Gasteiger partial charge < -0.3 is 15.5 Å². The zero-order valence-electron chi connectivity index (χ0n) is 15.9. The van der Waals surface area contributed by atoms with Crippen LogP contribution in [-0.2, 0) is 16.0 Å². The second kappa shape index (κ2) is 8.81. The summed E-state index contributed by atoms with van der Waals surface area (Å²) in [7, 11) is 0. The molecule has 0 aliphatic carbocycles. The molecule has 0 saturated carbocycles. The Kier molecular flexibility index (Phi) is 6.21. The van der Waals surface area contributed by atoms with Gasteiger partial charge in [0.25, 0.3) is 5.91 Å². The van der Waals surface area contributed by atoms with Crippen LogP contribution in [0.1, 0.15) is 35.7 Å². The van der Waals surface area contributed by atoms with Crippen LogP contribution in [0, 0.1) is 11.6 Å². The van der Waals surface area contributed by atoms with E-state index in [1.165, 1.54) is 6.92 Å². The van der Waals surface area contributed by atoms with E-state index in [-0.39, 0.29) is 30.3 Å². The van der Waals surface area contributed by atoms with Gasteiger partial charge in [0.2, 0.25) is 11.8 Å². The van der Waals surface area contributed by atoms with Gasteiger partial charge in [-0.3, -0.25) is 14.4 Å². The molecule has 0 fully saturated rings. The predicted molar refractivity (Wildman–Crippen MR) is 105 cm³/mol. The summed E-state index contributed by atoms with van der Waals surface area (Å²) in [6.45, 7) is 2.21. The minimum atomic E-state index is -0.958. The predicted octanol–water partition coefficient (Wildman–Crippen LogP) is 3.02. The minimum absolute atomic E-state index is 0.00450. The number of aryl methyl sites for hydroxylation is 1. The number of benzene rings is 2. The molecule has 1 aliphatic rings. The molecule has 2 aromatic carbocycles. The van der Waals surface area contributed by atoms with Crippen molar-refractivity contribution < 1.29 is 23.2 Å². The monoisotopic (exact) mass is 401 g/mol. The highest BCUT2D eigenvalue weighted by Gasteiger charge is 2.20. The highest BCUT2D eigenvalue weighted by atomic mass is 19.1. The highest BCUT2D eigenvalue weighted by molar-refractivity contribution is 5.96. The molecule has 8 heteroatoms. The number of carbonyl (C=O) groups is 3. The SMILES string of the molecule is CC(=O)N1CCCc2cc(NC(=O)CCNC(=O)c3ccc(F)cc3F)ccc21. The first-order valence-corrected chi connectivity index (χ1v) is 9.29. The molecule has 29 heavy (non-hydrogen) atoms. The molecule has 0 spiro atoms. The lowest BCUT2D eigenvalue weighted by Crippen LogP contribution is -2.33. The molecule has 2 N–H and O–H groups in total. The van der Waals surface area contributed by atoms with E-state index in [0.717, 1.165) is 36.2 Å². The zero-order valence-corrected chi connectivity index (χ0v) is 15.9. The number of nitrogens with zero attached hydrogens (tertiary/aromatic N) is 1. The molecular formula is C21H21F2N3O3. The van der Waals surface area contributed by atoms with Crippen LogP contribution in [0.2, 0.25) is 0 Å². The Morgan fingerprint density at radius 2 is 1.90 bits per heavy atom. The number of halogens is 2. The van der Waals surface area contributed by atoms with Crippen molar-refractivity contribution in [3.63, 3.8) is 0 Å². The van der Waals surface area contributed by atoms with Crippen molar-refractivity contribution in [2.24, 2.45) is 0 Å². The minimum Gasteiger partial charge on any atom is -0.351 e. The molecule has 2 aromatic rings. The Hall–Kier alpha value is -3.29. The number of rotatable bonds is 5. The van der Waals surface area contributed by atoms with Gasteiger partial charge in [0.15, 0.2) is 0 Å². The molecule has 0 unspecified atom stereocenters. The van der Waals surface area contributed by atoms with Gasteiger partial charge in [-0.2, -0.15) is 0 Å². The fourth-order valence-corrected chi connectivity index (χ4v) is 3.28. The third-order valence-corrected chi connectivity index (χ3v) is 4.68. The maximum atomic E-state index is 13.6. The number of fused-ring (bicyclic) bond motifs is 1. The quantitative estimate of drug-likeness (QED) is 0.809. The Balaban J connectivity index is 1.53. The van der Waals surface area contributed by atoms with Gasteiger partial charge in [-0.15, -0.1) is 0 Å². The van der Waals surface area contributed by atoms with Crippen molar-refractivity contribution in [2.45, 2.75) is 26.2 Å². The van der Waals surface area contributed by atoms with Crippen molar-refractivity contribution in [2.75, 3.05) is 23.3 Å². The molecule has 6 nitrogen and oxygen atoms in total. The van der Waals surface area contributed by atoms with E-state index in [2.05, 4.69) is 10.6 Å². The Morgan fingerprint density at radius 1 is 1.10 bits per heavy atom. The van der Waals surface area contributed by atoms with Gasteiger partial charge >= 0.3 is 0 Å². The van der Waals surface area contributed by atoms with Gasteiger partial charge in [-0.05, 0) is 48.7 Å². The zero-order chi connectivity index (χ0) is 21.0. The summed E-state index contributed by atoms with van der Waals surface area (Å²) in [5, 5.41) is 5.19. The number of carbonyl (C=O) groups excluding carboxylic acids is 3. The van der Waals surface area contributed by atoms with Crippen molar-refractivity contribution in [3.8, 4) is 0 Å². The maximum Gasteiger partial charge on any atom is 0.254 e. The van der Waals surface area contributed by atoms with E-state index in [1.807, 2.05) is 12.1 Å². The second-order valence-corrected chi connectivity index (χ2v) is 6.80. The average molecular weight is 401 g/mol. The molecule has 0 radical (unpaired) electrons. The smallest absolute Gasteiger partial charge is 0.254 e. The number of hydrogen-bond donors (Lipinski definition) is 2. The van der Waals surface area contributed by atoms with Crippen LogP contribution >= 0.6 is 0 Å². The maximum absolute atomic E-state index is 13.6. The molecule has 0 atom stereocenters. The fourth-order valence-electron chi connectivity index (χ4n) is 3.28. The summed E-state index contributed by atoms with van der Waals surface area (Å²) in [5.41, 5.74) is 2.17. The Bertz CT molecular complexity index is 962. The van der Waals surface area contributed by atoms with Crippen molar-refractivity contribution in [1.82, 2.24) is 5.32 Å². The van der Waals surface area contributed by atoms with Crippen LogP contribution in [0.25, 0.3) is 0 Å². The van der Waals surface area contributed by atoms with E-state index in [1.54, 1.807) is 11.0 Å². The van der Waals surface area contributed by atoms with Crippen LogP contribution < -0.4 is 15.5 Å². The lowest BCUT2D eigenvalue weighted by atomic mass is 10.0. The number of nitrogens with one attached hydrogen (secondary N) is 2. The topological polar surface area (TPSA) is 78.5 Å². The summed E-state index contributed by atoms with van der Waals surface area (Å²) in [6, 6.07) is 8.06. The van der Waals surface area contributed by atoms with Crippen LogP contribution in [0.15, 0.2) is 36.4 Å². The number of anilines is 2. The van der Waals surface area contributed by atoms with E-state index in [9.17, 15) is 23.2 Å². The summed E-state index contributed by atoms with van der Waals surface area (Å²) in [5.74, 6) is -2.77.